The van der Waals surface area contributed by atoms with Gasteiger partial charge in [0, 0.05) is 17.7 Å². The normalized spacial score (nSPS) is 17.0. The Morgan fingerprint density at radius 3 is 2.87 bits per heavy atom. The fourth-order valence-corrected chi connectivity index (χ4v) is 2.92. The molecule has 0 saturated heterocycles. The molecular formula is C17H17ClN2O3. The minimum Gasteiger partial charge on any atom is -0.491 e. The van der Waals surface area contributed by atoms with E-state index in [1.165, 1.54) is 0 Å². The summed E-state index contributed by atoms with van der Waals surface area (Å²) >= 11 is 6.33. The molecule has 5 nitrogen and oxygen atoms in total. The zero-order valence-corrected chi connectivity index (χ0v) is 13.4. The topological polar surface area (TPSA) is 61.8 Å². The van der Waals surface area contributed by atoms with E-state index in [-0.39, 0.29) is 6.04 Å². The predicted molar refractivity (Wildman–Crippen MR) is 88.3 cm³/mol. The highest BCUT2D eigenvalue weighted by Gasteiger charge is 2.24. The van der Waals surface area contributed by atoms with E-state index < -0.39 is 5.91 Å². The number of halogens is 1. The molecule has 0 unspecified atom stereocenters. The Morgan fingerprint density at radius 1 is 1.35 bits per heavy atom. The van der Waals surface area contributed by atoms with Gasteiger partial charge >= 0.3 is 0 Å². The maximum atomic E-state index is 11.5. The number of fused-ring (bicyclic) bond motifs is 1. The van der Waals surface area contributed by atoms with Gasteiger partial charge in [-0.1, -0.05) is 29.8 Å². The fourth-order valence-electron chi connectivity index (χ4n) is 2.67. The number of carbonyl (C=O) groups is 1. The molecule has 120 valence electrons. The van der Waals surface area contributed by atoms with E-state index in [1.807, 2.05) is 30.3 Å². The molecule has 3 rings (SSSR count). The zero-order valence-electron chi connectivity index (χ0n) is 12.6. The largest absolute Gasteiger partial charge is 0.491 e. The minimum atomic E-state index is -0.559. The number of amides is 1. The Morgan fingerprint density at radius 2 is 2.13 bits per heavy atom. The van der Waals surface area contributed by atoms with E-state index in [9.17, 15) is 4.79 Å². The molecule has 1 aliphatic heterocycles. The van der Waals surface area contributed by atoms with E-state index in [1.54, 1.807) is 17.6 Å². The lowest BCUT2D eigenvalue weighted by atomic mass is 10.1. The summed E-state index contributed by atoms with van der Waals surface area (Å²) in [5, 5.41) is 9.44. The molecule has 1 aliphatic rings. The van der Waals surface area contributed by atoms with Gasteiger partial charge in [0.05, 0.1) is 16.8 Å². The number of carbonyl (C=O) groups excluding carboxylic acids is 1. The lowest BCUT2D eigenvalue weighted by molar-refractivity contribution is 0.0706. The van der Waals surface area contributed by atoms with Crippen molar-refractivity contribution in [1.29, 1.82) is 0 Å². The van der Waals surface area contributed by atoms with Crippen molar-refractivity contribution in [1.82, 2.24) is 5.48 Å². The fraction of sp³-hybridized carbons (Fsp3) is 0.235. The molecule has 0 aliphatic carbocycles. The first-order valence-electron chi connectivity index (χ1n) is 7.31. The summed E-state index contributed by atoms with van der Waals surface area (Å²) in [4.78, 5) is 13.7. The van der Waals surface area contributed by atoms with Crippen LogP contribution in [0.2, 0.25) is 5.02 Å². The second-order valence-corrected chi connectivity index (χ2v) is 5.91. The molecular weight excluding hydrogens is 316 g/mol. The number of nitrogens with one attached hydrogen (secondary N) is 1. The van der Waals surface area contributed by atoms with E-state index in [0.717, 1.165) is 11.3 Å². The second kappa shape index (κ2) is 6.48. The molecule has 1 amide bonds. The van der Waals surface area contributed by atoms with E-state index in [2.05, 4.69) is 11.8 Å². The van der Waals surface area contributed by atoms with Crippen LogP contribution in [0.25, 0.3) is 0 Å². The van der Waals surface area contributed by atoms with Crippen LogP contribution in [0, 0.1) is 0 Å². The average molecular weight is 333 g/mol. The summed E-state index contributed by atoms with van der Waals surface area (Å²) in [7, 11) is 0. The highest BCUT2D eigenvalue weighted by atomic mass is 35.5. The molecule has 23 heavy (non-hydrogen) atoms. The number of hydrogen-bond acceptors (Lipinski definition) is 4. The van der Waals surface area contributed by atoms with Crippen LogP contribution < -0.4 is 15.1 Å². The van der Waals surface area contributed by atoms with Gasteiger partial charge in [-0.2, -0.15) is 0 Å². The molecule has 0 bridgehead atoms. The Labute approximate surface area is 139 Å². The third kappa shape index (κ3) is 3.11. The standard InChI is InChI=1S/C17H17ClN2O3/c1-11-10-23-16-8-12(17(21)19-22)6-7-13(16)9-20(11)15-5-3-2-4-14(15)18/h2-8,11,22H,9-10H2,1H3,(H,19,21)/t11-/m0/s1. The van der Waals surface area contributed by atoms with Crippen molar-refractivity contribution in [3.05, 3.63) is 58.6 Å². The summed E-state index contributed by atoms with van der Waals surface area (Å²) in [6.45, 7) is 3.17. The maximum Gasteiger partial charge on any atom is 0.274 e. The molecule has 2 aromatic carbocycles. The third-order valence-corrected chi connectivity index (χ3v) is 4.27. The van der Waals surface area contributed by atoms with Gasteiger partial charge in [0.2, 0.25) is 0 Å². The molecule has 0 fully saturated rings. The van der Waals surface area contributed by atoms with Crippen molar-refractivity contribution in [2.24, 2.45) is 0 Å². The van der Waals surface area contributed by atoms with Crippen molar-refractivity contribution in [2.45, 2.75) is 19.5 Å². The van der Waals surface area contributed by atoms with Crippen LogP contribution in [0.15, 0.2) is 42.5 Å². The molecule has 2 aromatic rings. The summed E-state index contributed by atoms with van der Waals surface area (Å²) in [6.07, 6.45) is 0. The quantitative estimate of drug-likeness (QED) is 0.654. The first-order chi connectivity index (χ1) is 11.1. The molecule has 0 spiro atoms. The SMILES string of the molecule is C[C@H]1COc2cc(C(=O)NO)ccc2CN1c1ccccc1Cl. The van der Waals surface area contributed by atoms with Gasteiger partial charge in [0.15, 0.2) is 0 Å². The van der Waals surface area contributed by atoms with Crippen molar-refractivity contribution in [2.75, 3.05) is 11.5 Å². The van der Waals surface area contributed by atoms with Crippen molar-refractivity contribution in [3.8, 4) is 5.75 Å². The summed E-state index contributed by atoms with van der Waals surface area (Å²) in [5.74, 6) is 0.0872. The zero-order chi connectivity index (χ0) is 16.4. The van der Waals surface area contributed by atoms with Crippen LogP contribution in [0.5, 0.6) is 5.75 Å². The number of rotatable bonds is 2. The van der Waals surface area contributed by atoms with E-state index >= 15 is 0 Å². The Hall–Kier alpha value is -2.24. The van der Waals surface area contributed by atoms with E-state index in [0.29, 0.717) is 29.5 Å². The van der Waals surface area contributed by atoms with Crippen molar-refractivity contribution >= 4 is 23.2 Å². The second-order valence-electron chi connectivity index (χ2n) is 5.50. The first kappa shape index (κ1) is 15.6. The van der Waals surface area contributed by atoms with Crippen molar-refractivity contribution in [3.63, 3.8) is 0 Å². The summed E-state index contributed by atoms with van der Waals surface area (Å²) in [5.41, 5.74) is 3.90. The smallest absolute Gasteiger partial charge is 0.274 e. The molecule has 1 atom stereocenters. The Balaban J connectivity index is 1.96. The Bertz CT molecular complexity index is 736. The number of hydroxylamine groups is 1. The molecule has 0 saturated carbocycles. The summed E-state index contributed by atoms with van der Waals surface area (Å²) < 4.78 is 5.84. The molecule has 1 heterocycles. The van der Waals surface area contributed by atoms with Gasteiger partial charge in [0.25, 0.3) is 5.91 Å². The van der Waals surface area contributed by atoms with Gasteiger partial charge in [-0.25, -0.2) is 5.48 Å². The van der Waals surface area contributed by atoms with Crippen LogP contribution in [0.1, 0.15) is 22.8 Å². The first-order valence-corrected chi connectivity index (χ1v) is 7.69. The lowest BCUT2D eigenvalue weighted by Crippen LogP contribution is -2.35. The number of hydrogen-bond donors (Lipinski definition) is 2. The lowest BCUT2D eigenvalue weighted by Gasteiger charge is -2.29. The van der Waals surface area contributed by atoms with Gasteiger partial charge in [0.1, 0.15) is 12.4 Å². The van der Waals surface area contributed by atoms with Gasteiger partial charge in [-0.15, -0.1) is 0 Å². The highest BCUT2D eigenvalue weighted by molar-refractivity contribution is 6.33. The van der Waals surface area contributed by atoms with E-state index in [4.69, 9.17) is 21.5 Å². The average Bonchev–Trinajstić information content (AvgIpc) is 2.73. The molecule has 0 radical (unpaired) electrons. The van der Waals surface area contributed by atoms with Crippen LogP contribution in [0.4, 0.5) is 5.69 Å². The molecule has 0 aromatic heterocycles. The maximum absolute atomic E-state index is 11.5. The summed E-state index contributed by atoms with van der Waals surface area (Å²) in [6, 6.07) is 13.0. The number of nitrogens with zero attached hydrogens (tertiary/aromatic N) is 1. The van der Waals surface area contributed by atoms with Crippen molar-refractivity contribution < 1.29 is 14.7 Å². The van der Waals surface area contributed by atoms with Crippen LogP contribution in [-0.2, 0) is 6.54 Å². The molecule has 2 N–H and O–H groups in total. The van der Waals surface area contributed by atoms with Gasteiger partial charge < -0.3 is 9.64 Å². The van der Waals surface area contributed by atoms with Crippen LogP contribution >= 0.6 is 11.6 Å². The Kier molecular flexibility index (Phi) is 4.41. The monoisotopic (exact) mass is 332 g/mol. The minimum absolute atomic E-state index is 0.123. The van der Waals surface area contributed by atoms with Crippen LogP contribution in [-0.4, -0.2) is 23.8 Å². The number of ether oxygens (including phenoxy) is 1. The number of benzene rings is 2. The third-order valence-electron chi connectivity index (χ3n) is 3.95. The number of anilines is 1. The van der Waals surface area contributed by atoms with Crippen LogP contribution in [0.3, 0.4) is 0 Å². The number of para-hydroxylation sites is 1. The predicted octanol–water partition coefficient (Wildman–Crippen LogP) is 3.25. The van der Waals surface area contributed by atoms with Gasteiger partial charge in [-0.05, 0) is 31.2 Å². The highest BCUT2D eigenvalue weighted by Crippen LogP contribution is 2.33. The van der Waals surface area contributed by atoms with Gasteiger partial charge in [-0.3, -0.25) is 10.0 Å². The molecule has 6 heteroatoms.